The lowest BCUT2D eigenvalue weighted by molar-refractivity contribution is 0.523. The Morgan fingerprint density at radius 3 is 2.79 bits per heavy atom. The van der Waals surface area contributed by atoms with Crippen LogP contribution in [0.15, 0.2) is 30.6 Å². The van der Waals surface area contributed by atoms with Crippen molar-refractivity contribution in [2.45, 2.75) is 25.9 Å². The van der Waals surface area contributed by atoms with Crippen molar-refractivity contribution in [2.75, 3.05) is 7.05 Å². The third kappa shape index (κ3) is 2.81. The van der Waals surface area contributed by atoms with Crippen molar-refractivity contribution in [2.24, 2.45) is 0 Å². The van der Waals surface area contributed by atoms with E-state index in [4.69, 9.17) is 0 Å². The average Bonchev–Trinajstić information content (AvgIpc) is 2.82. The highest BCUT2D eigenvalue weighted by Gasteiger charge is 2.20. The molecule has 5 heteroatoms. The second-order valence-corrected chi connectivity index (χ2v) is 4.37. The summed E-state index contributed by atoms with van der Waals surface area (Å²) in [5.74, 6) is -0.409. The fraction of sp³-hybridized carbons (Fsp3) is 0.357. The number of nitrogens with one attached hydrogen (secondary N) is 1. The quantitative estimate of drug-likeness (QED) is 0.901. The highest BCUT2D eigenvalue weighted by molar-refractivity contribution is 5.27. The highest BCUT2D eigenvalue weighted by Crippen LogP contribution is 2.23. The van der Waals surface area contributed by atoms with Gasteiger partial charge in [-0.15, -0.1) is 0 Å². The summed E-state index contributed by atoms with van der Waals surface area (Å²) < 4.78 is 28.8. The van der Waals surface area contributed by atoms with E-state index in [0.717, 1.165) is 24.9 Å². The van der Waals surface area contributed by atoms with Gasteiger partial charge in [0.1, 0.15) is 17.5 Å². The van der Waals surface area contributed by atoms with Crippen LogP contribution in [0.4, 0.5) is 8.78 Å². The third-order valence-electron chi connectivity index (χ3n) is 3.03. The Morgan fingerprint density at radius 1 is 1.37 bits per heavy atom. The second kappa shape index (κ2) is 5.93. The van der Waals surface area contributed by atoms with Gasteiger partial charge in [0.15, 0.2) is 0 Å². The summed E-state index contributed by atoms with van der Waals surface area (Å²) >= 11 is 0. The number of hydrogen-bond donors (Lipinski definition) is 1. The highest BCUT2D eigenvalue weighted by atomic mass is 19.1. The lowest BCUT2D eigenvalue weighted by atomic mass is 10.1. The van der Waals surface area contributed by atoms with E-state index in [1.807, 2.05) is 10.8 Å². The van der Waals surface area contributed by atoms with Crippen LogP contribution in [0.25, 0.3) is 0 Å². The van der Waals surface area contributed by atoms with Gasteiger partial charge in [-0.2, -0.15) is 0 Å². The van der Waals surface area contributed by atoms with E-state index in [2.05, 4.69) is 17.2 Å². The standard InChI is InChI=1S/C14H17F2N3/c1-3-7-19-8-6-18-14(19)13(17-2)11-5-4-10(15)9-12(11)16/h4-6,8-9,13,17H,3,7H2,1-2H3. The SMILES string of the molecule is CCCn1ccnc1C(NC)c1ccc(F)cc1F. The maximum atomic E-state index is 13.9. The number of aryl methyl sites for hydroxylation is 1. The molecule has 2 aromatic rings. The molecule has 0 aliphatic heterocycles. The molecule has 0 saturated heterocycles. The molecule has 0 bridgehead atoms. The Kier molecular flexibility index (Phi) is 4.27. The van der Waals surface area contributed by atoms with Gasteiger partial charge in [0.2, 0.25) is 0 Å². The molecule has 0 aliphatic rings. The van der Waals surface area contributed by atoms with Crippen LogP contribution in [0, 0.1) is 11.6 Å². The Hall–Kier alpha value is -1.75. The Balaban J connectivity index is 2.41. The number of halogens is 2. The molecule has 1 aromatic carbocycles. The van der Waals surface area contributed by atoms with Crippen molar-refractivity contribution < 1.29 is 8.78 Å². The zero-order valence-corrected chi connectivity index (χ0v) is 11.0. The monoisotopic (exact) mass is 265 g/mol. The largest absolute Gasteiger partial charge is 0.333 e. The summed E-state index contributed by atoms with van der Waals surface area (Å²) in [7, 11) is 1.73. The second-order valence-electron chi connectivity index (χ2n) is 4.37. The summed E-state index contributed by atoms with van der Waals surface area (Å²) in [4.78, 5) is 4.29. The summed E-state index contributed by atoms with van der Waals surface area (Å²) in [5.41, 5.74) is 0.396. The van der Waals surface area contributed by atoms with Crippen molar-refractivity contribution in [1.29, 1.82) is 0 Å². The number of nitrogens with zero attached hydrogens (tertiary/aromatic N) is 2. The lowest BCUT2D eigenvalue weighted by Gasteiger charge is -2.18. The molecule has 19 heavy (non-hydrogen) atoms. The van der Waals surface area contributed by atoms with Gasteiger partial charge in [0.25, 0.3) is 0 Å². The molecule has 0 saturated carbocycles. The van der Waals surface area contributed by atoms with Gasteiger partial charge in [-0.25, -0.2) is 13.8 Å². The number of rotatable bonds is 5. The lowest BCUT2D eigenvalue weighted by Crippen LogP contribution is -2.23. The third-order valence-corrected chi connectivity index (χ3v) is 3.03. The van der Waals surface area contributed by atoms with Gasteiger partial charge in [-0.05, 0) is 19.5 Å². The smallest absolute Gasteiger partial charge is 0.131 e. The van der Waals surface area contributed by atoms with E-state index in [0.29, 0.717) is 5.56 Å². The Bertz CT molecular complexity index is 551. The molecule has 2 rings (SSSR count). The summed E-state index contributed by atoms with van der Waals surface area (Å²) in [5, 5.41) is 3.03. The predicted molar refractivity (Wildman–Crippen MR) is 69.8 cm³/mol. The minimum Gasteiger partial charge on any atom is -0.333 e. The number of imidazole rings is 1. The molecule has 0 fully saturated rings. The maximum absolute atomic E-state index is 13.9. The van der Waals surface area contributed by atoms with Gasteiger partial charge in [0.05, 0.1) is 6.04 Å². The fourth-order valence-electron chi connectivity index (χ4n) is 2.17. The van der Waals surface area contributed by atoms with E-state index in [1.54, 1.807) is 13.2 Å². The van der Waals surface area contributed by atoms with Crippen molar-refractivity contribution >= 4 is 0 Å². The first-order valence-corrected chi connectivity index (χ1v) is 6.30. The fourth-order valence-corrected chi connectivity index (χ4v) is 2.17. The van der Waals surface area contributed by atoms with Crippen LogP contribution >= 0.6 is 0 Å². The topological polar surface area (TPSA) is 29.9 Å². The molecular formula is C14H17F2N3. The summed E-state index contributed by atoms with van der Waals surface area (Å²) in [6.07, 6.45) is 4.52. The normalized spacial score (nSPS) is 12.6. The van der Waals surface area contributed by atoms with E-state index in [1.165, 1.54) is 12.1 Å². The Morgan fingerprint density at radius 2 is 2.16 bits per heavy atom. The van der Waals surface area contributed by atoms with Crippen LogP contribution in [-0.4, -0.2) is 16.6 Å². The molecular weight excluding hydrogens is 248 g/mol. The van der Waals surface area contributed by atoms with Gasteiger partial charge in [-0.1, -0.05) is 13.0 Å². The first-order valence-electron chi connectivity index (χ1n) is 6.30. The molecule has 102 valence electrons. The van der Waals surface area contributed by atoms with Crippen LogP contribution in [0.2, 0.25) is 0 Å². The molecule has 1 unspecified atom stereocenters. The van der Waals surface area contributed by atoms with Crippen LogP contribution in [0.5, 0.6) is 0 Å². The van der Waals surface area contributed by atoms with Crippen molar-refractivity contribution in [3.8, 4) is 0 Å². The van der Waals surface area contributed by atoms with Gasteiger partial charge in [0, 0.05) is 30.6 Å². The molecule has 1 atom stereocenters. The first kappa shape index (κ1) is 13.7. The molecule has 0 amide bonds. The van der Waals surface area contributed by atoms with Crippen LogP contribution in [0.3, 0.4) is 0 Å². The van der Waals surface area contributed by atoms with Gasteiger partial charge in [-0.3, -0.25) is 0 Å². The number of benzene rings is 1. The average molecular weight is 265 g/mol. The first-order chi connectivity index (χ1) is 9.17. The predicted octanol–water partition coefficient (Wildman–Crippen LogP) is 2.88. The van der Waals surface area contributed by atoms with Crippen LogP contribution in [-0.2, 0) is 6.54 Å². The van der Waals surface area contributed by atoms with Crippen molar-refractivity contribution in [3.05, 3.63) is 53.6 Å². The van der Waals surface area contributed by atoms with Gasteiger partial charge >= 0.3 is 0 Å². The maximum Gasteiger partial charge on any atom is 0.131 e. The molecule has 1 aromatic heterocycles. The molecule has 1 heterocycles. The van der Waals surface area contributed by atoms with Crippen molar-refractivity contribution in [3.63, 3.8) is 0 Å². The van der Waals surface area contributed by atoms with Gasteiger partial charge < -0.3 is 9.88 Å². The molecule has 0 spiro atoms. The van der Waals surface area contributed by atoms with Crippen molar-refractivity contribution in [1.82, 2.24) is 14.9 Å². The minimum absolute atomic E-state index is 0.387. The molecule has 1 N–H and O–H groups in total. The van der Waals surface area contributed by atoms with E-state index in [-0.39, 0.29) is 6.04 Å². The molecule has 0 radical (unpaired) electrons. The zero-order chi connectivity index (χ0) is 13.8. The van der Waals surface area contributed by atoms with E-state index >= 15 is 0 Å². The molecule has 0 aliphatic carbocycles. The Labute approximate surface area is 111 Å². The minimum atomic E-state index is -0.576. The number of aromatic nitrogens is 2. The molecule has 3 nitrogen and oxygen atoms in total. The summed E-state index contributed by atoms with van der Waals surface area (Å²) in [6.45, 7) is 2.88. The van der Waals surface area contributed by atoms with E-state index < -0.39 is 11.6 Å². The summed E-state index contributed by atoms with van der Waals surface area (Å²) in [6, 6.07) is 3.22. The van der Waals surface area contributed by atoms with Crippen LogP contribution < -0.4 is 5.32 Å². The zero-order valence-electron chi connectivity index (χ0n) is 11.0. The number of hydrogen-bond acceptors (Lipinski definition) is 2. The van der Waals surface area contributed by atoms with E-state index in [9.17, 15) is 8.78 Å². The van der Waals surface area contributed by atoms with Crippen LogP contribution in [0.1, 0.15) is 30.8 Å².